The number of nitrogens with zero attached hydrogens (tertiary/aromatic N) is 4. The maximum atomic E-state index is 11.8. The molecule has 20 heavy (non-hydrogen) atoms. The Bertz CT molecular complexity index is 903. The van der Waals surface area contributed by atoms with E-state index in [1.54, 1.807) is 6.07 Å². The van der Waals surface area contributed by atoms with E-state index in [0.717, 1.165) is 23.1 Å². The number of hydrogen-bond acceptors (Lipinski definition) is 4. The van der Waals surface area contributed by atoms with Crippen molar-refractivity contribution in [2.24, 2.45) is 0 Å². The molecule has 0 atom stereocenters. The molecule has 3 rings (SSSR count). The Morgan fingerprint density at radius 3 is 2.80 bits per heavy atom. The van der Waals surface area contributed by atoms with Crippen LogP contribution in [0.15, 0.2) is 34.1 Å². The third-order valence-corrected chi connectivity index (χ3v) is 3.20. The number of aromatic nitrogens is 5. The average molecular weight is 271 g/mol. The summed E-state index contributed by atoms with van der Waals surface area (Å²) in [6.07, 6.45) is 3.39. The molecule has 7 nitrogen and oxygen atoms in total. The molecule has 0 saturated heterocycles. The van der Waals surface area contributed by atoms with E-state index in [2.05, 4.69) is 15.2 Å². The van der Waals surface area contributed by atoms with Gasteiger partial charge in [0.05, 0.1) is 5.52 Å². The summed E-state index contributed by atoms with van der Waals surface area (Å²) >= 11 is 0. The Hall–Kier alpha value is -2.70. The molecule has 0 saturated carbocycles. The van der Waals surface area contributed by atoms with Crippen LogP contribution in [-0.4, -0.2) is 24.3 Å². The summed E-state index contributed by atoms with van der Waals surface area (Å²) in [5, 5.41) is 8.22. The van der Waals surface area contributed by atoms with Crippen LogP contribution in [0.25, 0.3) is 16.9 Å². The zero-order valence-electron chi connectivity index (χ0n) is 11.1. The number of rotatable bonds is 2. The van der Waals surface area contributed by atoms with Gasteiger partial charge in [0.1, 0.15) is 5.52 Å². The van der Waals surface area contributed by atoms with Crippen molar-refractivity contribution in [2.75, 3.05) is 0 Å². The molecule has 0 aliphatic heterocycles. The van der Waals surface area contributed by atoms with Crippen molar-refractivity contribution in [3.63, 3.8) is 0 Å². The van der Waals surface area contributed by atoms with Gasteiger partial charge in [0.2, 0.25) is 0 Å². The fourth-order valence-electron chi connectivity index (χ4n) is 2.21. The van der Waals surface area contributed by atoms with Gasteiger partial charge in [-0.15, -0.1) is 10.2 Å². The fourth-order valence-corrected chi connectivity index (χ4v) is 2.21. The molecule has 0 amide bonds. The predicted molar refractivity (Wildman–Crippen MR) is 74.2 cm³/mol. The average Bonchev–Trinajstić information content (AvgIpc) is 2.75. The van der Waals surface area contributed by atoms with Gasteiger partial charge < -0.3 is 4.57 Å². The molecule has 3 heterocycles. The third-order valence-electron chi connectivity index (χ3n) is 3.20. The quantitative estimate of drug-likeness (QED) is 0.739. The summed E-state index contributed by atoms with van der Waals surface area (Å²) in [5.74, 6) is 0.381. The summed E-state index contributed by atoms with van der Waals surface area (Å²) in [7, 11) is 0. The summed E-state index contributed by atoms with van der Waals surface area (Å²) in [4.78, 5) is 25.0. The zero-order chi connectivity index (χ0) is 14.3. The number of hydrogen-bond donors (Lipinski definition) is 1. The van der Waals surface area contributed by atoms with Crippen LogP contribution in [0.3, 0.4) is 0 Å². The highest BCUT2D eigenvalue weighted by molar-refractivity contribution is 5.80. The van der Waals surface area contributed by atoms with E-state index < -0.39 is 11.2 Å². The zero-order valence-corrected chi connectivity index (χ0v) is 11.1. The molecule has 0 bridgehead atoms. The van der Waals surface area contributed by atoms with Crippen molar-refractivity contribution in [1.29, 1.82) is 0 Å². The van der Waals surface area contributed by atoms with Gasteiger partial charge in [-0.3, -0.25) is 14.3 Å². The van der Waals surface area contributed by atoms with Crippen LogP contribution < -0.4 is 11.2 Å². The molecule has 0 aromatic carbocycles. The standard InChI is InChI=1S/C13H13N5O2/c1-3-17-7-8(2)12-9(17)6-10(15-16-12)18-5-4-11(19)14-13(18)20/h4-7H,3H2,1-2H3,(H,14,19,20). The van der Waals surface area contributed by atoms with Crippen molar-refractivity contribution in [1.82, 2.24) is 24.3 Å². The van der Waals surface area contributed by atoms with Gasteiger partial charge in [-0.2, -0.15) is 0 Å². The molecule has 0 fully saturated rings. The molecule has 0 aliphatic carbocycles. The Morgan fingerprint density at radius 2 is 2.10 bits per heavy atom. The van der Waals surface area contributed by atoms with Crippen LogP contribution in [0.4, 0.5) is 0 Å². The minimum absolute atomic E-state index is 0.381. The summed E-state index contributed by atoms with van der Waals surface area (Å²) in [5.41, 5.74) is 1.79. The smallest absolute Gasteiger partial charge is 0.334 e. The Labute approximate surface area is 113 Å². The molecule has 1 N–H and O–H groups in total. The Balaban J connectivity index is 2.27. The van der Waals surface area contributed by atoms with Gasteiger partial charge in [0.25, 0.3) is 5.56 Å². The molecular weight excluding hydrogens is 258 g/mol. The lowest BCUT2D eigenvalue weighted by atomic mass is 10.3. The molecule has 0 aliphatic rings. The van der Waals surface area contributed by atoms with Gasteiger partial charge in [0.15, 0.2) is 5.82 Å². The lowest BCUT2D eigenvalue weighted by molar-refractivity contribution is 0.790. The molecule has 102 valence electrons. The Morgan fingerprint density at radius 1 is 1.30 bits per heavy atom. The van der Waals surface area contributed by atoms with E-state index in [1.165, 1.54) is 16.8 Å². The third kappa shape index (κ3) is 1.83. The van der Waals surface area contributed by atoms with Crippen LogP contribution in [0.5, 0.6) is 0 Å². The minimum Gasteiger partial charge on any atom is -0.346 e. The largest absolute Gasteiger partial charge is 0.346 e. The van der Waals surface area contributed by atoms with E-state index >= 15 is 0 Å². The molecular formula is C13H13N5O2. The van der Waals surface area contributed by atoms with Crippen LogP contribution in [0.1, 0.15) is 12.5 Å². The summed E-state index contributed by atoms with van der Waals surface area (Å²) in [6, 6.07) is 3.07. The van der Waals surface area contributed by atoms with Gasteiger partial charge in [-0.25, -0.2) is 4.79 Å². The lowest BCUT2D eigenvalue weighted by Gasteiger charge is -2.04. The highest BCUT2D eigenvalue weighted by Gasteiger charge is 2.10. The molecule has 3 aromatic rings. The van der Waals surface area contributed by atoms with E-state index in [0.29, 0.717) is 5.82 Å². The van der Waals surface area contributed by atoms with Crippen molar-refractivity contribution in [2.45, 2.75) is 20.4 Å². The van der Waals surface area contributed by atoms with Crippen molar-refractivity contribution < 1.29 is 0 Å². The second-order valence-electron chi connectivity index (χ2n) is 4.51. The number of nitrogens with one attached hydrogen (secondary N) is 1. The van der Waals surface area contributed by atoms with Gasteiger partial charge in [-0.1, -0.05) is 0 Å². The van der Waals surface area contributed by atoms with E-state index in [-0.39, 0.29) is 0 Å². The SMILES string of the molecule is CCn1cc(C)c2nnc(-n3ccc(=O)[nH]c3=O)cc21. The fraction of sp³-hybridized carbons (Fsp3) is 0.231. The number of fused-ring (bicyclic) bond motifs is 1. The number of aryl methyl sites for hydroxylation is 2. The monoisotopic (exact) mass is 271 g/mol. The topological polar surface area (TPSA) is 85.6 Å². The highest BCUT2D eigenvalue weighted by atomic mass is 16.2. The normalized spacial score (nSPS) is 11.1. The maximum absolute atomic E-state index is 11.8. The summed E-state index contributed by atoms with van der Waals surface area (Å²) < 4.78 is 3.30. The predicted octanol–water partition coefficient (Wildman–Crippen LogP) is 0.599. The van der Waals surface area contributed by atoms with Crippen molar-refractivity contribution in [3.05, 3.63) is 50.9 Å². The second-order valence-corrected chi connectivity index (χ2v) is 4.51. The second kappa shape index (κ2) is 4.44. The van der Waals surface area contributed by atoms with Crippen LogP contribution >= 0.6 is 0 Å². The van der Waals surface area contributed by atoms with E-state index in [4.69, 9.17) is 0 Å². The lowest BCUT2D eigenvalue weighted by Crippen LogP contribution is -2.28. The highest BCUT2D eigenvalue weighted by Crippen LogP contribution is 2.19. The first-order valence-corrected chi connectivity index (χ1v) is 6.25. The Kier molecular flexibility index (Phi) is 2.74. The molecule has 3 aromatic heterocycles. The summed E-state index contributed by atoms with van der Waals surface area (Å²) in [6.45, 7) is 4.80. The molecule has 7 heteroatoms. The first-order valence-electron chi connectivity index (χ1n) is 6.25. The van der Waals surface area contributed by atoms with Crippen LogP contribution in [0.2, 0.25) is 0 Å². The van der Waals surface area contributed by atoms with Gasteiger partial charge in [0, 0.05) is 31.1 Å². The first-order chi connectivity index (χ1) is 9.60. The number of H-pyrrole nitrogens is 1. The van der Waals surface area contributed by atoms with Crippen LogP contribution in [-0.2, 0) is 6.54 Å². The van der Waals surface area contributed by atoms with E-state index in [9.17, 15) is 9.59 Å². The van der Waals surface area contributed by atoms with Crippen molar-refractivity contribution in [3.8, 4) is 5.82 Å². The molecule has 0 unspecified atom stereocenters. The molecule has 0 spiro atoms. The van der Waals surface area contributed by atoms with Gasteiger partial charge in [-0.05, 0) is 19.4 Å². The maximum Gasteiger partial charge on any atom is 0.334 e. The van der Waals surface area contributed by atoms with E-state index in [1.807, 2.05) is 24.6 Å². The van der Waals surface area contributed by atoms with Gasteiger partial charge >= 0.3 is 5.69 Å². The molecule has 0 radical (unpaired) electrons. The first kappa shape index (κ1) is 12.3. The van der Waals surface area contributed by atoms with Crippen LogP contribution in [0, 0.1) is 6.92 Å². The minimum atomic E-state index is -0.530. The van der Waals surface area contributed by atoms with Crippen molar-refractivity contribution >= 4 is 11.0 Å². The number of aromatic amines is 1.